The summed E-state index contributed by atoms with van der Waals surface area (Å²) in [5, 5.41) is 15.4. The van der Waals surface area contributed by atoms with E-state index in [0.29, 0.717) is 0 Å². The Hall–Kier alpha value is -1.17. The standard InChI is InChI=1S/C13H16N2O2S/c16-9-11-3-1-5-15(11)8-10-7-12(17-14-10)13-4-2-6-18-13/h2,4,6-7,11,16H,1,3,5,8-9H2/t11-/m0/s1. The normalized spacial score (nSPS) is 20.6. The second kappa shape index (κ2) is 5.22. The summed E-state index contributed by atoms with van der Waals surface area (Å²) < 4.78 is 5.36. The van der Waals surface area contributed by atoms with E-state index < -0.39 is 0 Å². The van der Waals surface area contributed by atoms with Gasteiger partial charge in [0.2, 0.25) is 0 Å². The van der Waals surface area contributed by atoms with E-state index in [1.54, 1.807) is 11.3 Å². The van der Waals surface area contributed by atoms with Crippen LogP contribution in [-0.4, -0.2) is 34.4 Å². The Morgan fingerprint density at radius 1 is 1.56 bits per heavy atom. The summed E-state index contributed by atoms with van der Waals surface area (Å²) in [6.07, 6.45) is 2.23. The first-order valence-corrected chi connectivity index (χ1v) is 7.09. The van der Waals surface area contributed by atoms with Gasteiger partial charge in [-0.15, -0.1) is 11.3 Å². The zero-order valence-electron chi connectivity index (χ0n) is 10.1. The number of rotatable bonds is 4. The third-order valence-corrected chi connectivity index (χ3v) is 4.28. The minimum Gasteiger partial charge on any atom is -0.395 e. The van der Waals surface area contributed by atoms with Gasteiger partial charge in [0.1, 0.15) is 0 Å². The molecule has 0 unspecified atom stereocenters. The van der Waals surface area contributed by atoms with Crippen LogP contribution in [0.1, 0.15) is 18.5 Å². The second-order valence-corrected chi connectivity index (χ2v) is 5.56. The molecule has 0 spiro atoms. The number of hydrogen-bond donors (Lipinski definition) is 1. The lowest BCUT2D eigenvalue weighted by Gasteiger charge is -2.20. The maximum atomic E-state index is 9.29. The fourth-order valence-corrected chi connectivity index (χ4v) is 3.11. The molecule has 1 fully saturated rings. The first-order valence-electron chi connectivity index (χ1n) is 6.21. The van der Waals surface area contributed by atoms with Crippen molar-refractivity contribution in [1.82, 2.24) is 10.1 Å². The van der Waals surface area contributed by atoms with Crippen LogP contribution in [0.25, 0.3) is 10.6 Å². The molecule has 1 atom stereocenters. The molecule has 18 heavy (non-hydrogen) atoms. The van der Waals surface area contributed by atoms with E-state index in [-0.39, 0.29) is 12.6 Å². The molecular weight excluding hydrogens is 248 g/mol. The van der Waals surface area contributed by atoms with E-state index in [1.807, 2.05) is 23.6 Å². The quantitative estimate of drug-likeness (QED) is 0.921. The summed E-state index contributed by atoms with van der Waals surface area (Å²) in [7, 11) is 0. The minimum atomic E-state index is 0.232. The molecule has 2 aromatic heterocycles. The van der Waals surface area contributed by atoms with Crippen molar-refractivity contribution in [2.75, 3.05) is 13.2 Å². The third kappa shape index (κ3) is 2.34. The molecule has 3 rings (SSSR count). The summed E-state index contributed by atoms with van der Waals surface area (Å²) in [5.41, 5.74) is 0.943. The van der Waals surface area contributed by atoms with Crippen molar-refractivity contribution < 1.29 is 9.63 Å². The van der Waals surface area contributed by atoms with Crippen LogP contribution >= 0.6 is 11.3 Å². The van der Waals surface area contributed by atoms with Crippen LogP contribution in [0.4, 0.5) is 0 Å². The third-order valence-electron chi connectivity index (χ3n) is 3.40. The predicted molar refractivity (Wildman–Crippen MR) is 70.3 cm³/mol. The number of aromatic nitrogens is 1. The summed E-state index contributed by atoms with van der Waals surface area (Å²) >= 11 is 1.65. The average molecular weight is 264 g/mol. The molecule has 1 N–H and O–H groups in total. The Morgan fingerprint density at radius 3 is 3.28 bits per heavy atom. The van der Waals surface area contributed by atoms with Crippen LogP contribution in [0.15, 0.2) is 28.1 Å². The van der Waals surface area contributed by atoms with E-state index in [0.717, 1.165) is 42.3 Å². The van der Waals surface area contributed by atoms with Gasteiger partial charge in [0, 0.05) is 18.7 Å². The molecule has 0 aliphatic carbocycles. The average Bonchev–Trinajstić information content (AvgIpc) is 3.10. The van der Waals surface area contributed by atoms with Crippen LogP contribution in [0.3, 0.4) is 0 Å². The summed E-state index contributed by atoms with van der Waals surface area (Å²) in [4.78, 5) is 3.38. The Kier molecular flexibility index (Phi) is 3.45. The van der Waals surface area contributed by atoms with E-state index >= 15 is 0 Å². The largest absolute Gasteiger partial charge is 0.395 e. The summed E-state index contributed by atoms with van der Waals surface area (Å²) in [6, 6.07) is 6.32. The summed E-state index contributed by atoms with van der Waals surface area (Å²) in [5.74, 6) is 0.833. The van der Waals surface area contributed by atoms with Crippen molar-refractivity contribution in [1.29, 1.82) is 0 Å². The van der Waals surface area contributed by atoms with Crippen LogP contribution in [0, 0.1) is 0 Å². The molecule has 0 amide bonds. The first-order chi connectivity index (χ1) is 8.86. The number of nitrogens with zero attached hydrogens (tertiary/aromatic N) is 2. The first kappa shape index (κ1) is 11.9. The van der Waals surface area contributed by atoms with E-state index in [9.17, 15) is 5.11 Å². The number of thiophene rings is 1. The van der Waals surface area contributed by atoms with Crippen molar-refractivity contribution in [2.45, 2.75) is 25.4 Å². The van der Waals surface area contributed by atoms with Crippen molar-refractivity contribution >= 4 is 11.3 Å². The van der Waals surface area contributed by atoms with Crippen molar-refractivity contribution in [2.24, 2.45) is 0 Å². The molecule has 1 aliphatic rings. The smallest absolute Gasteiger partial charge is 0.177 e. The molecule has 5 heteroatoms. The van der Waals surface area contributed by atoms with E-state index in [2.05, 4.69) is 10.1 Å². The molecule has 3 heterocycles. The molecule has 1 aliphatic heterocycles. The van der Waals surface area contributed by atoms with Gasteiger partial charge in [0.05, 0.1) is 17.2 Å². The Morgan fingerprint density at radius 2 is 2.50 bits per heavy atom. The van der Waals surface area contributed by atoms with Crippen LogP contribution < -0.4 is 0 Å². The number of likely N-dealkylation sites (tertiary alicyclic amines) is 1. The van der Waals surface area contributed by atoms with Gasteiger partial charge in [0.15, 0.2) is 5.76 Å². The van der Waals surface area contributed by atoms with Crippen LogP contribution in [0.5, 0.6) is 0 Å². The van der Waals surface area contributed by atoms with Gasteiger partial charge < -0.3 is 9.63 Å². The van der Waals surface area contributed by atoms with Crippen molar-refractivity contribution in [3.05, 3.63) is 29.3 Å². The van der Waals surface area contributed by atoms with Gasteiger partial charge in [-0.3, -0.25) is 4.90 Å². The zero-order chi connectivity index (χ0) is 12.4. The van der Waals surface area contributed by atoms with Gasteiger partial charge in [-0.25, -0.2) is 0 Å². The highest BCUT2D eigenvalue weighted by Crippen LogP contribution is 2.26. The van der Waals surface area contributed by atoms with Gasteiger partial charge in [-0.2, -0.15) is 0 Å². The number of hydrogen-bond acceptors (Lipinski definition) is 5. The van der Waals surface area contributed by atoms with Crippen molar-refractivity contribution in [3.63, 3.8) is 0 Å². The van der Waals surface area contributed by atoms with Gasteiger partial charge in [-0.05, 0) is 30.8 Å². The molecule has 1 saturated heterocycles. The fraction of sp³-hybridized carbons (Fsp3) is 0.462. The Balaban J connectivity index is 1.70. The van der Waals surface area contributed by atoms with Crippen molar-refractivity contribution in [3.8, 4) is 10.6 Å². The Labute approximate surface area is 110 Å². The maximum absolute atomic E-state index is 9.29. The van der Waals surface area contributed by atoms with Crippen LogP contribution in [0.2, 0.25) is 0 Å². The minimum absolute atomic E-state index is 0.232. The molecule has 2 aromatic rings. The molecule has 0 bridgehead atoms. The molecule has 4 nitrogen and oxygen atoms in total. The highest BCUT2D eigenvalue weighted by molar-refractivity contribution is 7.13. The second-order valence-electron chi connectivity index (χ2n) is 4.61. The topological polar surface area (TPSA) is 49.5 Å². The number of aliphatic hydroxyl groups is 1. The van der Waals surface area contributed by atoms with Gasteiger partial charge in [-0.1, -0.05) is 11.2 Å². The van der Waals surface area contributed by atoms with Gasteiger partial charge in [0.25, 0.3) is 0 Å². The molecule has 96 valence electrons. The molecular formula is C13H16N2O2S. The lowest BCUT2D eigenvalue weighted by Crippen LogP contribution is -2.31. The highest BCUT2D eigenvalue weighted by atomic mass is 32.1. The zero-order valence-corrected chi connectivity index (χ0v) is 10.9. The lowest BCUT2D eigenvalue weighted by molar-refractivity contribution is 0.151. The highest BCUT2D eigenvalue weighted by Gasteiger charge is 2.24. The van der Waals surface area contributed by atoms with Gasteiger partial charge >= 0.3 is 0 Å². The lowest BCUT2D eigenvalue weighted by atomic mass is 10.2. The predicted octanol–water partition coefficient (Wildman–Crippen LogP) is 2.36. The van der Waals surface area contributed by atoms with E-state index in [1.165, 1.54) is 0 Å². The number of aliphatic hydroxyl groups excluding tert-OH is 1. The molecule has 0 aromatic carbocycles. The summed E-state index contributed by atoms with van der Waals surface area (Å²) in [6.45, 7) is 2.03. The SMILES string of the molecule is OC[C@@H]1CCCN1Cc1cc(-c2cccs2)on1. The molecule has 0 saturated carbocycles. The molecule has 0 radical (unpaired) electrons. The van der Waals surface area contributed by atoms with Crippen LogP contribution in [-0.2, 0) is 6.54 Å². The van der Waals surface area contributed by atoms with E-state index in [4.69, 9.17) is 4.52 Å². The monoisotopic (exact) mass is 264 g/mol. The Bertz CT molecular complexity index is 495. The maximum Gasteiger partial charge on any atom is 0.177 e. The fourth-order valence-electron chi connectivity index (χ4n) is 2.44.